The number of benzene rings is 1. The molecule has 1 aromatic rings. The van der Waals surface area contributed by atoms with Crippen LogP contribution in [0.15, 0.2) is 24.3 Å². The second-order valence-electron chi connectivity index (χ2n) is 4.62. The fourth-order valence-electron chi connectivity index (χ4n) is 1.88. The van der Waals surface area contributed by atoms with Gasteiger partial charge in [-0.05, 0) is 25.5 Å². The molecule has 0 N–H and O–H groups in total. The number of ketones is 1. The summed E-state index contributed by atoms with van der Waals surface area (Å²) in [5, 5.41) is 0.517. The SMILES string of the molecule is CCC(C)N(CCOC)CC(=O)c1ccccc1Cl. The molecule has 0 aliphatic heterocycles. The summed E-state index contributed by atoms with van der Waals surface area (Å²) in [5.41, 5.74) is 0.592. The topological polar surface area (TPSA) is 29.5 Å². The van der Waals surface area contributed by atoms with Gasteiger partial charge in [-0.25, -0.2) is 0 Å². The van der Waals surface area contributed by atoms with E-state index in [0.717, 1.165) is 13.0 Å². The molecule has 1 atom stereocenters. The van der Waals surface area contributed by atoms with Crippen LogP contribution in [0.5, 0.6) is 0 Å². The summed E-state index contributed by atoms with van der Waals surface area (Å²) in [6, 6.07) is 7.53. The fraction of sp³-hybridized carbons (Fsp3) is 0.533. The minimum absolute atomic E-state index is 0.0574. The fourth-order valence-corrected chi connectivity index (χ4v) is 2.12. The van der Waals surface area contributed by atoms with Gasteiger partial charge in [0.1, 0.15) is 0 Å². The highest BCUT2D eigenvalue weighted by Gasteiger charge is 2.18. The largest absolute Gasteiger partial charge is 0.383 e. The number of halogens is 1. The summed E-state index contributed by atoms with van der Waals surface area (Å²) in [6.45, 7) is 5.99. The number of hydrogen-bond acceptors (Lipinski definition) is 3. The minimum atomic E-state index is 0.0574. The summed E-state index contributed by atoms with van der Waals surface area (Å²) >= 11 is 6.06. The number of rotatable bonds is 8. The van der Waals surface area contributed by atoms with Crippen molar-refractivity contribution in [1.82, 2.24) is 4.90 Å². The van der Waals surface area contributed by atoms with Gasteiger partial charge < -0.3 is 4.74 Å². The number of carbonyl (C=O) groups excluding carboxylic acids is 1. The molecule has 0 aliphatic carbocycles. The van der Waals surface area contributed by atoms with Gasteiger partial charge >= 0.3 is 0 Å². The molecule has 0 bridgehead atoms. The lowest BCUT2D eigenvalue weighted by atomic mass is 10.1. The van der Waals surface area contributed by atoms with Gasteiger partial charge in [0.25, 0.3) is 0 Å². The first-order valence-corrected chi connectivity index (χ1v) is 6.98. The molecule has 0 aliphatic rings. The van der Waals surface area contributed by atoms with E-state index in [1.165, 1.54) is 0 Å². The monoisotopic (exact) mass is 283 g/mol. The standard InChI is InChI=1S/C15H22ClNO2/c1-4-12(2)17(9-10-19-3)11-15(18)13-7-5-6-8-14(13)16/h5-8,12H,4,9-11H2,1-3H3. The molecule has 1 rings (SSSR count). The maximum absolute atomic E-state index is 12.3. The van der Waals surface area contributed by atoms with E-state index in [2.05, 4.69) is 18.7 Å². The van der Waals surface area contributed by atoms with E-state index in [9.17, 15) is 4.79 Å². The molecule has 3 nitrogen and oxygen atoms in total. The van der Waals surface area contributed by atoms with Gasteiger partial charge in [0.2, 0.25) is 0 Å². The summed E-state index contributed by atoms with van der Waals surface area (Å²) in [4.78, 5) is 14.4. The summed E-state index contributed by atoms with van der Waals surface area (Å²) in [7, 11) is 1.67. The van der Waals surface area contributed by atoms with E-state index >= 15 is 0 Å². The van der Waals surface area contributed by atoms with Gasteiger partial charge in [-0.15, -0.1) is 0 Å². The zero-order chi connectivity index (χ0) is 14.3. The first kappa shape index (κ1) is 16.2. The van der Waals surface area contributed by atoms with Crippen molar-refractivity contribution < 1.29 is 9.53 Å². The van der Waals surface area contributed by atoms with Crippen LogP contribution in [0.1, 0.15) is 30.6 Å². The van der Waals surface area contributed by atoms with Gasteiger partial charge in [0.05, 0.1) is 18.2 Å². The zero-order valence-corrected chi connectivity index (χ0v) is 12.6. The van der Waals surface area contributed by atoms with Crippen molar-refractivity contribution in [2.75, 3.05) is 26.8 Å². The second-order valence-corrected chi connectivity index (χ2v) is 5.03. The third-order valence-corrected chi connectivity index (χ3v) is 3.65. The Hall–Kier alpha value is -0.900. The van der Waals surface area contributed by atoms with E-state index in [1.807, 2.05) is 12.1 Å². The predicted octanol–water partition coefficient (Wildman–Crippen LogP) is 3.27. The van der Waals surface area contributed by atoms with Gasteiger partial charge in [-0.2, -0.15) is 0 Å². The smallest absolute Gasteiger partial charge is 0.178 e. The molecule has 1 aromatic carbocycles. The first-order valence-electron chi connectivity index (χ1n) is 6.60. The molecular weight excluding hydrogens is 262 g/mol. The summed E-state index contributed by atoms with van der Waals surface area (Å²) in [6.07, 6.45) is 1.000. The Kier molecular flexibility index (Phi) is 7.06. The van der Waals surface area contributed by atoms with Crippen LogP contribution in [0.2, 0.25) is 5.02 Å². The highest BCUT2D eigenvalue weighted by atomic mass is 35.5. The van der Waals surface area contributed by atoms with E-state index in [1.54, 1.807) is 19.2 Å². The van der Waals surface area contributed by atoms with Crippen LogP contribution in [0, 0.1) is 0 Å². The van der Waals surface area contributed by atoms with Crippen LogP contribution in [0.3, 0.4) is 0 Å². The second kappa shape index (κ2) is 8.31. The van der Waals surface area contributed by atoms with Gasteiger partial charge in [0.15, 0.2) is 5.78 Å². The Morgan fingerprint density at radius 1 is 1.42 bits per heavy atom. The number of carbonyl (C=O) groups is 1. The van der Waals surface area contributed by atoms with Crippen LogP contribution >= 0.6 is 11.6 Å². The summed E-state index contributed by atoms with van der Waals surface area (Å²) in [5.74, 6) is 0.0574. The normalized spacial score (nSPS) is 12.7. The van der Waals surface area contributed by atoms with Crippen LogP contribution in [0.4, 0.5) is 0 Å². The number of hydrogen-bond donors (Lipinski definition) is 0. The molecule has 0 saturated heterocycles. The van der Waals surface area contributed by atoms with Crippen LogP contribution in [-0.2, 0) is 4.74 Å². The number of nitrogens with zero attached hydrogens (tertiary/aromatic N) is 1. The Balaban J connectivity index is 2.73. The molecule has 1 unspecified atom stereocenters. The Labute approximate surface area is 120 Å². The molecule has 0 amide bonds. The van der Waals surface area contributed by atoms with Crippen LogP contribution in [-0.4, -0.2) is 43.5 Å². The number of ether oxygens (including phenoxy) is 1. The lowest BCUT2D eigenvalue weighted by molar-refractivity contribution is 0.0834. The highest BCUT2D eigenvalue weighted by molar-refractivity contribution is 6.34. The molecule has 0 aromatic heterocycles. The van der Waals surface area contributed by atoms with Gasteiger partial charge in [-0.3, -0.25) is 9.69 Å². The van der Waals surface area contributed by atoms with Crippen molar-refractivity contribution in [2.45, 2.75) is 26.3 Å². The Morgan fingerprint density at radius 3 is 2.68 bits per heavy atom. The molecule has 0 spiro atoms. The van der Waals surface area contributed by atoms with Crippen molar-refractivity contribution in [2.24, 2.45) is 0 Å². The highest BCUT2D eigenvalue weighted by Crippen LogP contribution is 2.16. The van der Waals surface area contributed by atoms with Crippen molar-refractivity contribution >= 4 is 17.4 Å². The number of methoxy groups -OCH3 is 1. The van der Waals surface area contributed by atoms with Crippen LogP contribution < -0.4 is 0 Å². The quantitative estimate of drug-likeness (QED) is 0.686. The molecule has 0 radical (unpaired) electrons. The van der Waals surface area contributed by atoms with Crippen LogP contribution in [0.25, 0.3) is 0 Å². The molecule has 4 heteroatoms. The Bertz CT molecular complexity index is 409. The molecule has 19 heavy (non-hydrogen) atoms. The summed E-state index contributed by atoms with van der Waals surface area (Å²) < 4.78 is 5.10. The Morgan fingerprint density at radius 2 is 2.11 bits per heavy atom. The van der Waals surface area contributed by atoms with Crippen molar-refractivity contribution in [1.29, 1.82) is 0 Å². The van der Waals surface area contributed by atoms with Crippen molar-refractivity contribution in [3.05, 3.63) is 34.9 Å². The van der Waals surface area contributed by atoms with E-state index < -0.39 is 0 Å². The van der Waals surface area contributed by atoms with Crippen molar-refractivity contribution in [3.8, 4) is 0 Å². The predicted molar refractivity (Wildman–Crippen MR) is 79.0 cm³/mol. The third kappa shape index (κ3) is 4.94. The van der Waals surface area contributed by atoms with E-state index in [0.29, 0.717) is 29.8 Å². The molecule has 0 heterocycles. The average Bonchev–Trinajstić information content (AvgIpc) is 2.42. The molecule has 106 valence electrons. The average molecular weight is 284 g/mol. The molecular formula is C15H22ClNO2. The lowest BCUT2D eigenvalue weighted by Gasteiger charge is -2.27. The van der Waals surface area contributed by atoms with E-state index in [-0.39, 0.29) is 5.78 Å². The minimum Gasteiger partial charge on any atom is -0.383 e. The maximum atomic E-state index is 12.3. The zero-order valence-electron chi connectivity index (χ0n) is 11.9. The van der Waals surface area contributed by atoms with Crippen molar-refractivity contribution in [3.63, 3.8) is 0 Å². The molecule has 0 fully saturated rings. The number of Topliss-reactive ketones (excluding diaryl/α,β-unsaturated/α-hetero) is 1. The van der Waals surface area contributed by atoms with E-state index in [4.69, 9.17) is 16.3 Å². The first-order chi connectivity index (χ1) is 9.10. The van der Waals surface area contributed by atoms with Gasteiger partial charge in [0, 0.05) is 25.3 Å². The van der Waals surface area contributed by atoms with Gasteiger partial charge in [-0.1, -0.05) is 30.7 Å². The third-order valence-electron chi connectivity index (χ3n) is 3.32. The maximum Gasteiger partial charge on any atom is 0.178 e. The molecule has 0 saturated carbocycles. The lowest BCUT2D eigenvalue weighted by Crippen LogP contribution is -2.39.